The lowest BCUT2D eigenvalue weighted by Crippen LogP contribution is -2.46. The van der Waals surface area contributed by atoms with Crippen molar-refractivity contribution in [2.75, 3.05) is 31.8 Å². The molecule has 2 N–H and O–H groups in total. The van der Waals surface area contributed by atoms with Crippen LogP contribution in [0.1, 0.15) is 15.7 Å². The van der Waals surface area contributed by atoms with E-state index in [1.165, 1.54) is 12.3 Å². The first-order valence-corrected chi connectivity index (χ1v) is 11.5. The van der Waals surface area contributed by atoms with Crippen molar-refractivity contribution in [3.63, 3.8) is 0 Å². The summed E-state index contributed by atoms with van der Waals surface area (Å²) in [6, 6.07) is 11.5. The number of rotatable bonds is 8. The summed E-state index contributed by atoms with van der Waals surface area (Å²) >= 11 is 0. The Bertz CT molecular complexity index is 1410. The van der Waals surface area contributed by atoms with E-state index in [0.29, 0.717) is 40.4 Å². The highest BCUT2D eigenvalue weighted by Gasteiger charge is 2.32. The van der Waals surface area contributed by atoms with Crippen LogP contribution in [0.25, 0.3) is 10.9 Å². The summed E-state index contributed by atoms with van der Waals surface area (Å²) in [5.41, 5.74) is 1.37. The number of ether oxygens (including phenoxy) is 2. The van der Waals surface area contributed by atoms with Gasteiger partial charge in [-0.3, -0.25) is 4.98 Å². The molecule has 36 heavy (non-hydrogen) atoms. The molecule has 0 amide bonds. The van der Waals surface area contributed by atoms with Crippen molar-refractivity contribution >= 4 is 34.0 Å². The molecule has 1 saturated carbocycles. The van der Waals surface area contributed by atoms with Gasteiger partial charge in [-0.25, -0.2) is 13.8 Å². The molecule has 0 aliphatic heterocycles. The molecule has 10 heteroatoms. The standard InChI is InChI=1S/C26H26F2N6O2.2H2/c1-34(2)19-12-20(13-19)36-22-5-4-17(11-23(22)35-3)32-26-29-7-6-24(33-26)31-18-9-15-8-16(27)10-21(28)25(15)30-14-18;;/h4-11,14,19-20H,12-13H2,1-3H3,(H2,29,31,32,33);2*1H. The number of halogens is 2. The van der Waals surface area contributed by atoms with Gasteiger partial charge in [0.15, 0.2) is 17.3 Å². The molecule has 8 nitrogen and oxygen atoms in total. The fourth-order valence-electron chi connectivity index (χ4n) is 4.08. The van der Waals surface area contributed by atoms with Crippen molar-refractivity contribution in [2.45, 2.75) is 25.0 Å². The molecule has 0 spiro atoms. The fraction of sp³-hybridized carbons (Fsp3) is 0.269. The first kappa shape index (κ1) is 23.7. The van der Waals surface area contributed by atoms with Gasteiger partial charge in [0.25, 0.3) is 0 Å². The molecule has 190 valence electrons. The normalized spacial score (nSPS) is 17.1. The van der Waals surface area contributed by atoms with Crippen LogP contribution in [0.2, 0.25) is 0 Å². The second-order valence-corrected chi connectivity index (χ2v) is 8.89. The van der Waals surface area contributed by atoms with Crippen LogP contribution in [-0.2, 0) is 0 Å². The zero-order valence-corrected chi connectivity index (χ0v) is 20.1. The molecule has 1 fully saturated rings. The number of fused-ring (bicyclic) bond motifs is 1. The highest BCUT2D eigenvalue weighted by Crippen LogP contribution is 2.36. The zero-order chi connectivity index (χ0) is 25.2. The van der Waals surface area contributed by atoms with Crippen molar-refractivity contribution in [1.29, 1.82) is 0 Å². The molecule has 5 rings (SSSR count). The van der Waals surface area contributed by atoms with E-state index in [0.717, 1.165) is 24.6 Å². The number of pyridine rings is 1. The lowest BCUT2D eigenvalue weighted by molar-refractivity contribution is 0.0383. The Balaban J connectivity index is 0.00000200. The van der Waals surface area contributed by atoms with Crippen molar-refractivity contribution < 1.29 is 21.1 Å². The van der Waals surface area contributed by atoms with E-state index in [9.17, 15) is 8.78 Å². The quantitative estimate of drug-likeness (QED) is 0.318. The van der Waals surface area contributed by atoms with E-state index in [1.807, 2.05) is 18.2 Å². The van der Waals surface area contributed by atoms with Crippen LogP contribution in [0.4, 0.5) is 31.9 Å². The lowest BCUT2D eigenvalue weighted by atomic mass is 9.88. The lowest BCUT2D eigenvalue weighted by Gasteiger charge is -2.39. The molecular formula is C26H30F2N6O2. The van der Waals surface area contributed by atoms with Crippen LogP contribution in [0.5, 0.6) is 11.5 Å². The molecule has 0 radical (unpaired) electrons. The Morgan fingerprint density at radius 3 is 2.58 bits per heavy atom. The number of anilines is 4. The maximum Gasteiger partial charge on any atom is 0.229 e. The monoisotopic (exact) mass is 496 g/mol. The van der Waals surface area contributed by atoms with Gasteiger partial charge in [0.05, 0.1) is 19.0 Å². The van der Waals surface area contributed by atoms with Crippen LogP contribution >= 0.6 is 0 Å². The fourth-order valence-corrected chi connectivity index (χ4v) is 4.08. The Kier molecular flexibility index (Phi) is 6.51. The average molecular weight is 497 g/mol. The van der Waals surface area contributed by atoms with Gasteiger partial charge in [-0.05, 0) is 57.3 Å². The van der Waals surface area contributed by atoms with E-state index in [1.54, 1.807) is 25.4 Å². The van der Waals surface area contributed by atoms with Gasteiger partial charge in [-0.15, -0.1) is 0 Å². The summed E-state index contributed by atoms with van der Waals surface area (Å²) in [6.07, 6.45) is 5.21. The molecule has 2 aromatic heterocycles. The first-order valence-electron chi connectivity index (χ1n) is 11.5. The maximum atomic E-state index is 13.9. The van der Waals surface area contributed by atoms with Gasteiger partial charge in [0.2, 0.25) is 5.95 Å². The van der Waals surface area contributed by atoms with Crippen molar-refractivity contribution in [1.82, 2.24) is 19.9 Å². The van der Waals surface area contributed by atoms with Crippen molar-refractivity contribution in [3.8, 4) is 11.5 Å². The molecule has 2 aromatic carbocycles. The van der Waals surface area contributed by atoms with Crippen molar-refractivity contribution in [3.05, 3.63) is 66.5 Å². The summed E-state index contributed by atoms with van der Waals surface area (Å²) in [7, 11) is 5.76. The number of methoxy groups -OCH3 is 1. The van der Waals surface area contributed by atoms with E-state index < -0.39 is 11.6 Å². The van der Waals surface area contributed by atoms with Gasteiger partial charge in [0, 0.05) is 38.3 Å². The Labute approximate surface area is 210 Å². The van der Waals surface area contributed by atoms with E-state index in [4.69, 9.17) is 9.47 Å². The third-order valence-corrected chi connectivity index (χ3v) is 6.14. The highest BCUT2D eigenvalue weighted by atomic mass is 19.1. The average Bonchev–Trinajstić information content (AvgIpc) is 2.81. The molecule has 0 atom stereocenters. The number of benzene rings is 2. The van der Waals surface area contributed by atoms with E-state index >= 15 is 0 Å². The number of hydrogen-bond acceptors (Lipinski definition) is 8. The number of aromatic nitrogens is 3. The van der Waals surface area contributed by atoms with Crippen LogP contribution in [0, 0.1) is 11.6 Å². The van der Waals surface area contributed by atoms with Gasteiger partial charge < -0.3 is 25.0 Å². The first-order chi connectivity index (χ1) is 17.4. The minimum absolute atomic E-state index is 0. The Morgan fingerprint density at radius 2 is 1.81 bits per heavy atom. The van der Waals surface area contributed by atoms with Crippen LogP contribution in [0.15, 0.2) is 54.9 Å². The minimum atomic E-state index is -0.706. The second-order valence-electron chi connectivity index (χ2n) is 8.89. The largest absolute Gasteiger partial charge is 0.493 e. The molecule has 1 aliphatic carbocycles. The summed E-state index contributed by atoms with van der Waals surface area (Å²) < 4.78 is 39.1. The van der Waals surface area contributed by atoms with Gasteiger partial charge in [0.1, 0.15) is 23.3 Å². The zero-order valence-electron chi connectivity index (χ0n) is 20.1. The molecule has 4 aromatic rings. The Morgan fingerprint density at radius 1 is 0.972 bits per heavy atom. The molecule has 2 heterocycles. The Hall–Kier alpha value is -4.05. The van der Waals surface area contributed by atoms with Gasteiger partial charge in [-0.2, -0.15) is 4.98 Å². The van der Waals surface area contributed by atoms with Crippen molar-refractivity contribution in [2.24, 2.45) is 0 Å². The summed E-state index contributed by atoms with van der Waals surface area (Å²) in [6.45, 7) is 0. The minimum Gasteiger partial charge on any atom is -0.493 e. The SMILES string of the molecule is COc1cc(Nc2nccc(Nc3cnc4c(F)cc(F)cc4c3)n2)ccc1OC1CC(N(C)C)C1.[HH].[HH]. The molecule has 0 unspecified atom stereocenters. The number of nitrogens with one attached hydrogen (secondary N) is 2. The maximum absolute atomic E-state index is 13.9. The van der Waals surface area contributed by atoms with E-state index in [-0.39, 0.29) is 14.5 Å². The summed E-state index contributed by atoms with van der Waals surface area (Å²) in [5, 5.41) is 6.60. The molecule has 0 bridgehead atoms. The number of nitrogens with zero attached hydrogens (tertiary/aromatic N) is 4. The summed E-state index contributed by atoms with van der Waals surface area (Å²) in [5.74, 6) is 0.780. The van der Waals surface area contributed by atoms with Crippen LogP contribution in [-0.4, -0.2) is 53.2 Å². The topological polar surface area (TPSA) is 84.4 Å². The second kappa shape index (κ2) is 9.90. The molecular weight excluding hydrogens is 466 g/mol. The highest BCUT2D eigenvalue weighted by molar-refractivity contribution is 5.83. The third-order valence-electron chi connectivity index (χ3n) is 6.14. The molecule has 0 saturated heterocycles. The number of hydrogen-bond donors (Lipinski definition) is 2. The van der Waals surface area contributed by atoms with Gasteiger partial charge in [-0.1, -0.05) is 0 Å². The predicted molar refractivity (Wildman–Crippen MR) is 139 cm³/mol. The summed E-state index contributed by atoms with van der Waals surface area (Å²) in [4.78, 5) is 15.0. The van der Waals surface area contributed by atoms with Crippen LogP contribution in [0.3, 0.4) is 0 Å². The van der Waals surface area contributed by atoms with E-state index in [2.05, 4.69) is 44.6 Å². The van der Waals surface area contributed by atoms with Gasteiger partial charge >= 0.3 is 0 Å². The third kappa shape index (κ3) is 5.13. The predicted octanol–water partition coefficient (Wildman–Crippen LogP) is 5.76. The molecule has 1 aliphatic rings. The smallest absolute Gasteiger partial charge is 0.229 e. The van der Waals surface area contributed by atoms with Crippen LogP contribution < -0.4 is 20.1 Å².